The summed E-state index contributed by atoms with van der Waals surface area (Å²) in [4.78, 5) is 23.4. The number of aromatic nitrogens is 2. The minimum Gasteiger partial charge on any atom is -0.370 e. The highest BCUT2D eigenvalue weighted by Gasteiger charge is 2.52. The van der Waals surface area contributed by atoms with Crippen molar-refractivity contribution in [2.45, 2.75) is 43.5 Å². The first kappa shape index (κ1) is 25.6. The van der Waals surface area contributed by atoms with Gasteiger partial charge in [-0.1, -0.05) is 49.4 Å². The van der Waals surface area contributed by atoms with Crippen LogP contribution in [-0.4, -0.2) is 29.0 Å². The van der Waals surface area contributed by atoms with Crippen molar-refractivity contribution in [1.82, 2.24) is 15.3 Å². The number of imidazole rings is 1. The Labute approximate surface area is 226 Å². The second-order valence-electron chi connectivity index (χ2n) is 10.0. The van der Waals surface area contributed by atoms with Crippen LogP contribution < -0.4 is 10.2 Å². The van der Waals surface area contributed by atoms with Crippen LogP contribution in [0.1, 0.15) is 58.8 Å². The maximum atomic E-state index is 12.8. The van der Waals surface area contributed by atoms with E-state index in [0.717, 1.165) is 24.3 Å². The average Bonchev–Trinajstić information content (AvgIpc) is 3.29. The molecule has 1 saturated carbocycles. The van der Waals surface area contributed by atoms with E-state index in [1.165, 1.54) is 24.1 Å². The number of nitrogens with one attached hydrogen (secondary N) is 2. The fourth-order valence-corrected chi connectivity index (χ4v) is 5.73. The SMILES string of the molecule is C=C(Cl)/C=C\c1nc(C(=O)NCc2ccc(N3CC4(CC(c5ccc(SF)cc5)C4)C3)cc2)c(CC)[nH]1. The van der Waals surface area contributed by atoms with Crippen molar-refractivity contribution in [1.29, 1.82) is 0 Å². The number of amides is 1. The number of benzene rings is 2. The van der Waals surface area contributed by atoms with Crippen molar-refractivity contribution >= 4 is 41.4 Å². The number of halogens is 2. The zero-order valence-corrected chi connectivity index (χ0v) is 22.3. The molecule has 1 aromatic heterocycles. The molecule has 1 spiro atoms. The van der Waals surface area contributed by atoms with Gasteiger partial charge in [0.2, 0.25) is 0 Å². The van der Waals surface area contributed by atoms with Gasteiger partial charge in [-0.3, -0.25) is 4.79 Å². The third-order valence-electron chi connectivity index (χ3n) is 7.39. The van der Waals surface area contributed by atoms with Gasteiger partial charge in [0.25, 0.3) is 5.91 Å². The lowest BCUT2D eigenvalue weighted by Crippen LogP contribution is -2.61. The first-order valence-electron chi connectivity index (χ1n) is 12.5. The van der Waals surface area contributed by atoms with E-state index in [1.807, 2.05) is 19.1 Å². The number of allylic oxidation sites excluding steroid dienone is 2. The molecule has 1 saturated heterocycles. The van der Waals surface area contributed by atoms with Crippen LogP contribution in [0.3, 0.4) is 0 Å². The Morgan fingerprint density at radius 2 is 1.95 bits per heavy atom. The van der Waals surface area contributed by atoms with Gasteiger partial charge in [-0.25, -0.2) is 4.98 Å². The fourth-order valence-electron chi connectivity index (χ4n) is 5.43. The molecule has 8 heteroatoms. The summed E-state index contributed by atoms with van der Waals surface area (Å²) >= 11 is 6.08. The summed E-state index contributed by atoms with van der Waals surface area (Å²) in [5, 5.41) is 3.38. The molecule has 2 N–H and O–H groups in total. The van der Waals surface area contributed by atoms with E-state index in [-0.39, 0.29) is 5.91 Å². The topological polar surface area (TPSA) is 61.0 Å². The van der Waals surface area contributed by atoms with Crippen molar-refractivity contribution < 1.29 is 8.68 Å². The first-order chi connectivity index (χ1) is 17.9. The number of carbonyl (C=O) groups excluding carboxylic acids is 1. The van der Waals surface area contributed by atoms with Gasteiger partial charge in [-0.2, -0.15) is 3.89 Å². The highest BCUT2D eigenvalue weighted by molar-refractivity contribution is 7.94. The number of aromatic amines is 1. The Bertz CT molecular complexity index is 1300. The quantitative estimate of drug-likeness (QED) is 0.288. The Balaban J connectivity index is 1.11. The number of anilines is 1. The zero-order valence-electron chi connectivity index (χ0n) is 20.8. The van der Waals surface area contributed by atoms with Gasteiger partial charge in [0.15, 0.2) is 0 Å². The number of carbonyl (C=O) groups is 1. The Kier molecular flexibility index (Phi) is 7.45. The molecule has 2 aromatic carbocycles. The molecule has 1 aliphatic heterocycles. The van der Waals surface area contributed by atoms with Gasteiger partial charge < -0.3 is 15.2 Å². The monoisotopic (exact) mass is 536 g/mol. The molecule has 3 aromatic rings. The predicted molar refractivity (Wildman–Crippen MR) is 150 cm³/mol. The third-order valence-corrected chi connectivity index (χ3v) is 7.97. The fraction of sp³-hybridized carbons (Fsp3) is 0.310. The molecule has 2 aliphatic rings. The van der Waals surface area contributed by atoms with Crippen LogP contribution in [0.4, 0.5) is 9.57 Å². The van der Waals surface area contributed by atoms with Gasteiger partial charge in [0, 0.05) is 46.4 Å². The molecule has 37 heavy (non-hydrogen) atoms. The van der Waals surface area contributed by atoms with E-state index in [2.05, 4.69) is 63.2 Å². The molecular weight excluding hydrogens is 507 g/mol. The molecule has 0 bridgehead atoms. The normalized spacial score (nSPS) is 16.6. The molecule has 5 rings (SSSR count). The summed E-state index contributed by atoms with van der Waals surface area (Å²) in [6.07, 6.45) is 6.40. The first-order valence-corrected chi connectivity index (χ1v) is 13.6. The van der Waals surface area contributed by atoms with Gasteiger partial charge in [-0.15, -0.1) is 0 Å². The van der Waals surface area contributed by atoms with Crippen molar-refractivity contribution in [3.05, 3.63) is 94.6 Å². The minimum atomic E-state index is -0.205. The van der Waals surface area contributed by atoms with Crippen molar-refractivity contribution in [2.75, 3.05) is 18.0 Å². The van der Waals surface area contributed by atoms with E-state index in [4.69, 9.17) is 11.6 Å². The van der Waals surface area contributed by atoms with Crippen molar-refractivity contribution in [3.8, 4) is 0 Å². The highest BCUT2D eigenvalue weighted by Crippen LogP contribution is 2.56. The molecular formula is C29H30ClFN4OS. The van der Waals surface area contributed by atoms with Gasteiger partial charge >= 0.3 is 0 Å². The third kappa shape index (κ3) is 5.63. The van der Waals surface area contributed by atoms with Gasteiger partial charge in [0.05, 0.1) is 12.1 Å². The summed E-state index contributed by atoms with van der Waals surface area (Å²) in [5.74, 6) is 0.956. The largest absolute Gasteiger partial charge is 0.370 e. The number of hydrogen-bond donors (Lipinski definition) is 2. The van der Waals surface area contributed by atoms with Crippen LogP contribution in [0.5, 0.6) is 0 Å². The number of nitrogens with zero attached hydrogens (tertiary/aromatic N) is 2. The number of hydrogen-bond acceptors (Lipinski definition) is 4. The van der Waals surface area contributed by atoms with E-state index >= 15 is 0 Å². The highest BCUT2D eigenvalue weighted by atomic mass is 35.5. The summed E-state index contributed by atoms with van der Waals surface area (Å²) in [5.41, 5.74) is 5.18. The Hall–Kier alpha value is -3.03. The van der Waals surface area contributed by atoms with Gasteiger partial charge in [0.1, 0.15) is 11.5 Å². The van der Waals surface area contributed by atoms with Crippen LogP contribution in [-0.2, 0) is 13.0 Å². The van der Waals surface area contributed by atoms with Crippen molar-refractivity contribution in [2.24, 2.45) is 5.41 Å². The molecule has 0 unspecified atom stereocenters. The van der Waals surface area contributed by atoms with Crippen LogP contribution >= 0.6 is 23.7 Å². The Morgan fingerprint density at radius 3 is 2.57 bits per heavy atom. The molecule has 0 radical (unpaired) electrons. The van der Waals surface area contributed by atoms with E-state index in [1.54, 1.807) is 12.2 Å². The van der Waals surface area contributed by atoms with Gasteiger partial charge in [-0.05, 0) is 72.7 Å². The van der Waals surface area contributed by atoms with E-state index in [0.29, 0.717) is 57.9 Å². The Morgan fingerprint density at radius 1 is 1.24 bits per heavy atom. The molecule has 1 amide bonds. The second-order valence-corrected chi connectivity index (χ2v) is 11.2. The predicted octanol–water partition coefficient (Wildman–Crippen LogP) is 7.03. The summed E-state index contributed by atoms with van der Waals surface area (Å²) in [6, 6.07) is 16.3. The lowest BCUT2D eigenvalue weighted by molar-refractivity contribution is 0.0633. The molecule has 5 nitrogen and oxygen atoms in total. The average molecular weight is 537 g/mol. The molecule has 2 heterocycles. The number of H-pyrrole nitrogens is 1. The lowest BCUT2D eigenvalue weighted by Gasteiger charge is -2.60. The van der Waals surface area contributed by atoms with Crippen LogP contribution in [0.25, 0.3) is 6.08 Å². The number of rotatable bonds is 9. The molecule has 1 aliphatic carbocycles. The van der Waals surface area contributed by atoms with Crippen LogP contribution in [0, 0.1) is 5.41 Å². The van der Waals surface area contributed by atoms with E-state index in [9.17, 15) is 8.68 Å². The van der Waals surface area contributed by atoms with Crippen LogP contribution in [0.15, 0.2) is 71.1 Å². The maximum Gasteiger partial charge on any atom is 0.272 e. The zero-order chi connectivity index (χ0) is 26.0. The number of aryl methyl sites for hydroxylation is 1. The summed E-state index contributed by atoms with van der Waals surface area (Å²) in [7, 11) is 0. The van der Waals surface area contributed by atoms with Crippen LogP contribution in [0.2, 0.25) is 0 Å². The molecule has 0 atom stereocenters. The summed E-state index contributed by atoms with van der Waals surface area (Å²) in [6.45, 7) is 8.18. The maximum absolute atomic E-state index is 12.8. The summed E-state index contributed by atoms with van der Waals surface area (Å²) < 4.78 is 12.7. The molecule has 192 valence electrons. The smallest absolute Gasteiger partial charge is 0.272 e. The standard InChI is InChI=1S/C29H30ClFN4OS/c1-3-25-27(34-26(33-25)13-4-19(2)30)28(36)32-16-20-5-9-23(10-6-20)35-17-29(18-35)14-22(15-29)21-7-11-24(37-31)12-8-21/h4-13,22H,2-3,14-18H2,1H3,(H,32,36)(H,33,34)/b13-4-. The second kappa shape index (κ2) is 10.8. The minimum absolute atomic E-state index is 0.205. The molecule has 2 fully saturated rings. The van der Waals surface area contributed by atoms with E-state index < -0.39 is 0 Å². The lowest BCUT2D eigenvalue weighted by atomic mass is 9.56. The van der Waals surface area contributed by atoms with Crippen molar-refractivity contribution in [3.63, 3.8) is 0 Å².